The number of carboxylic acids is 1. The third-order valence-corrected chi connectivity index (χ3v) is 3.77. The van der Waals surface area contributed by atoms with Crippen molar-refractivity contribution in [1.29, 1.82) is 0 Å². The molecule has 2 N–H and O–H groups in total. The number of carboxylic acid groups (broad SMARTS) is 1. The molecule has 0 saturated carbocycles. The van der Waals surface area contributed by atoms with Crippen LogP contribution in [0.1, 0.15) is 26.3 Å². The Hall–Kier alpha value is -1.49. The first-order valence-electron chi connectivity index (χ1n) is 6.44. The molecule has 1 atom stereocenters. The highest BCUT2D eigenvalue weighted by molar-refractivity contribution is 7.99. The summed E-state index contributed by atoms with van der Waals surface area (Å²) >= 11 is 1.47. The minimum atomic E-state index is -1.00. The van der Waals surface area contributed by atoms with E-state index in [1.54, 1.807) is 20.8 Å². The number of amides is 1. The Morgan fingerprint density at radius 3 is 2.35 bits per heavy atom. The molecule has 0 aromatic heterocycles. The smallest absolute Gasteiger partial charge is 0.326 e. The number of aliphatic carboxylic acids is 1. The molecule has 1 amide bonds. The van der Waals surface area contributed by atoms with E-state index in [0.717, 1.165) is 11.3 Å². The minimum absolute atomic E-state index is 0.242. The average Bonchev–Trinajstić information content (AvgIpc) is 2.35. The molecule has 0 aliphatic rings. The van der Waals surface area contributed by atoms with Crippen LogP contribution in [0.5, 0.6) is 0 Å². The fraction of sp³-hybridized carbons (Fsp3) is 0.467. The van der Waals surface area contributed by atoms with E-state index < -0.39 is 17.4 Å². The predicted molar refractivity (Wildman–Crippen MR) is 81.6 cm³/mol. The van der Waals surface area contributed by atoms with Gasteiger partial charge in [0.15, 0.2) is 0 Å². The molecule has 0 bridgehead atoms. The number of hydrogen-bond donors (Lipinski definition) is 2. The minimum Gasteiger partial charge on any atom is -0.480 e. The van der Waals surface area contributed by atoms with Gasteiger partial charge in [0, 0.05) is 5.75 Å². The summed E-state index contributed by atoms with van der Waals surface area (Å²) in [7, 11) is 0. The van der Waals surface area contributed by atoms with Gasteiger partial charge in [0.05, 0.1) is 5.75 Å². The lowest BCUT2D eigenvalue weighted by molar-refractivity contribution is -0.144. The Kier molecular flexibility index (Phi) is 6.07. The maximum absolute atomic E-state index is 11.8. The zero-order valence-electron chi connectivity index (χ0n) is 12.1. The summed E-state index contributed by atoms with van der Waals surface area (Å²) in [6.45, 7) is 5.38. The highest BCUT2D eigenvalue weighted by Crippen LogP contribution is 2.20. The van der Waals surface area contributed by atoms with Crippen molar-refractivity contribution >= 4 is 23.6 Å². The third-order valence-electron chi connectivity index (χ3n) is 2.76. The molecule has 0 spiro atoms. The van der Waals surface area contributed by atoms with E-state index in [1.165, 1.54) is 11.8 Å². The molecule has 4 nitrogen and oxygen atoms in total. The zero-order valence-corrected chi connectivity index (χ0v) is 12.9. The Labute approximate surface area is 124 Å². The van der Waals surface area contributed by atoms with Crippen LogP contribution in [0.25, 0.3) is 0 Å². The second kappa shape index (κ2) is 7.33. The van der Waals surface area contributed by atoms with Gasteiger partial charge < -0.3 is 10.4 Å². The fourth-order valence-corrected chi connectivity index (χ4v) is 2.49. The fourth-order valence-electron chi connectivity index (χ4n) is 1.69. The van der Waals surface area contributed by atoms with Crippen molar-refractivity contribution in [1.82, 2.24) is 5.32 Å². The summed E-state index contributed by atoms with van der Waals surface area (Å²) in [5.41, 5.74) is 0.641. The van der Waals surface area contributed by atoms with Crippen molar-refractivity contribution in [3.8, 4) is 0 Å². The molecule has 0 heterocycles. The Bertz CT molecular complexity index is 454. The van der Waals surface area contributed by atoms with E-state index in [9.17, 15) is 9.59 Å². The SMILES string of the molecule is CC(C)(C)[C@@H](NC(=O)CSCc1ccccc1)C(=O)O. The number of nitrogens with one attached hydrogen (secondary N) is 1. The van der Waals surface area contributed by atoms with E-state index >= 15 is 0 Å². The van der Waals surface area contributed by atoms with Gasteiger partial charge in [-0.05, 0) is 11.0 Å². The van der Waals surface area contributed by atoms with Crippen LogP contribution in [0.15, 0.2) is 30.3 Å². The van der Waals surface area contributed by atoms with Gasteiger partial charge in [-0.3, -0.25) is 4.79 Å². The van der Waals surface area contributed by atoms with Crippen molar-refractivity contribution < 1.29 is 14.7 Å². The standard InChI is InChI=1S/C15H21NO3S/c1-15(2,3)13(14(18)19)16-12(17)10-20-9-11-7-5-4-6-8-11/h4-8,13H,9-10H2,1-3H3,(H,16,17)(H,18,19)/t13-/m0/s1. The normalized spacial score (nSPS) is 12.8. The van der Waals surface area contributed by atoms with Crippen LogP contribution in [0, 0.1) is 5.41 Å². The first-order valence-corrected chi connectivity index (χ1v) is 7.60. The molecule has 0 fully saturated rings. The number of rotatable bonds is 6. The molecular weight excluding hydrogens is 274 g/mol. The van der Waals surface area contributed by atoms with E-state index in [0.29, 0.717) is 0 Å². The third kappa shape index (κ3) is 5.65. The molecule has 5 heteroatoms. The average molecular weight is 295 g/mol. The Balaban J connectivity index is 2.41. The highest BCUT2D eigenvalue weighted by atomic mass is 32.2. The first-order chi connectivity index (χ1) is 9.30. The van der Waals surface area contributed by atoms with Crippen LogP contribution in [0.3, 0.4) is 0 Å². The van der Waals surface area contributed by atoms with Crippen molar-refractivity contribution in [2.24, 2.45) is 5.41 Å². The molecule has 0 unspecified atom stereocenters. The second-order valence-corrected chi connectivity index (χ2v) is 6.67. The van der Waals surface area contributed by atoms with Crippen molar-refractivity contribution in [3.63, 3.8) is 0 Å². The maximum Gasteiger partial charge on any atom is 0.326 e. The number of hydrogen-bond acceptors (Lipinski definition) is 3. The molecule has 1 aromatic carbocycles. The molecule has 110 valence electrons. The molecule has 0 radical (unpaired) electrons. The zero-order chi connectivity index (χ0) is 15.2. The van der Waals surface area contributed by atoms with Gasteiger partial charge in [-0.2, -0.15) is 0 Å². The first kappa shape index (κ1) is 16.6. The number of thioether (sulfide) groups is 1. The monoisotopic (exact) mass is 295 g/mol. The lowest BCUT2D eigenvalue weighted by Gasteiger charge is -2.27. The van der Waals surface area contributed by atoms with Gasteiger partial charge in [-0.1, -0.05) is 51.1 Å². The van der Waals surface area contributed by atoms with Crippen LogP contribution in [-0.4, -0.2) is 28.8 Å². The summed E-state index contributed by atoms with van der Waals surface area (Å²) in [5, 5.41) is 11.7. The quantitative estimate of drug-likeness (QED) is 0.846. The maximum atomic E-state index is 11.8. The highest BCUT2D eigenvalue weighted by Gasteiger charge is 2.32. The Morgan fingerprint density at radius 2 is 1.85 bits per heavy atom. The van der Waals surface area contributed by atoms with Gasteiger partial charge in [0.1, 0.15) is 6.04 Å². The predicted octanol–water partition coefficient (Wildman–Crippen LogP) is 2.54. The second-order valence-electron chi connectivity index (χ2n) is 5.68. The number of benzene rings is 1. The summed E-state index contributed by atoms with van der Waals surface area (Å²) in [6.07, 6.45) is 0. The summed E-state index contributed by atoms with van der Waals surface area (Å²) in [5.74, 6) is -0.247. The van der Waals surface area contributed by atoms with Gasteiger partial charge in [0.25, 0.3) is 0 Å². The van der Waals surface area contributed by atoms with E-state index in [-0.39, 0.29) is 11.7 Å². The number of carbonyl (C=O) groups excluding carboxylic acids is 1. The molecule has 0 aliphatic carbocycles. The van der Waals surface area contributed by atoms with Gasteiger partial charge in [-0.15, -0.1) is 11.8 Å². The van der Waals surface area contributed by atoms with Crippen LogP contribution in [0.4, 0.5) is 0 Å². The van der Waals surface area contributed by atoms with Crippen molar-refractivity contribution in [3.05, 3.63) is 35.9 Å². The molecule has 20 heavy (non-hydrogen) atoms. The van der Waals surface area contributed by atoms with E-state index in [2.05, 4.69) is 5.32 Å². The molecule has 1 rings (SSSR count). The topological polar surface area (TPSA) is 66.4 Å². The summed E-state index contributed by atoms with van der Waals surface area (Å²) in [6, 6.07) is 8.99. The van der Waals surface area contributed by atoms with E-state index in [1.807, 2.05) is 30.3 Å². The van der Waals surface area contributed by atoms with Crippen LogP contribution < -0.4 is 5.32 Å². The Morgan fingerprint density at radius 1 is 1.25 bits per heavy atom. The summed E-state index contributed by atoms with van der Waals surface area (Å²) in [4.78, 5) is 23.0. The molecule has 0 aliphatic heterocycles. The molecular formula is C15H21NO3S. The van der Waals surface area contributed by atoms with Gasteiger partial charge in [0.2, 0.25) is 5.91 Å². The van der Waals surface area contributed by atoms with Crippen molar-refractivity contribution in [2.75, 3.05) is 5.75 Å². The number of carbonyl (C=O) groups is 2. The van der Waals surface area contributed by atoms with Crippen LogP contribution in [-0.2, 0) is 15.3 Å². The lowest BCUT2D eigenvalue weighted by Crippen LogP contribution is -2.49. The van der Waals surface area contributed by atoms with E-state index in [4.69, 9.17) is 5.11 Å². The van der Waals surface area contributed by atoms with Gasteiger partial charge >= 0.3 is 5.97 Å². The largest absolute Gasteiger partial charge is 0.480 e. The van der Waals surface area contributed by atoms with Crippen LogP contribution in [0.2, 0.25) is 0 Å². The lowest BCUT2D eigenvalue weighted by atomic mass is 9.87. The molecule has 1 aromatic rings. The van der Waals surface area contributed by atoms with Gasteiger partial charge in [-0.25, -0.2) is 4.79 Å². The molecule has 0 saturated heterocycles. The van der Waals surface area contributed by atoms with Crippen LogP contribution >= 0.6 is 11.8 Å². The summed E-state index contributed by atoms with van der Waals surface area (Å²) < 4.78 is 0. The van der Waals surface area contributed by atoms with Crippen molar-refractivity contribution in [2.45, 2.75) is 32.6 Å².